The van der Waals surface area contributed by atoms with Crippen molar-refractivity contribution in [3.8, 4) is 17.2 Å². The first-order valence-corrected chi connectivity index (χ1v) is 16.1. The van der Waals surface area contributed by atoms with Crippen LogP contribution in [0, 0.1) is 5.82 Å². The molecule has 0 bridgehead atoms. The highest BCUT2D eigenvalue weighted by Gasteiger charge is 2.22. The second-order valence-corrected chi connectivity index (χ2v) is 13.2. The van der Waals surface area contributed by atoms with Gasteiger partial charge in [-0.3, -0.25) is 14.9 Å². The van der Waals surface area contributed by atoms with Crippen molar-refractivity contribution in [3.63, 3.8) is 0 Å². The number of rotatable bonds is 7. The van der Waals surface area contributed by atoms with Crippen LogP contribution in [0.3, 0.4) is 0 Å². The first kappa shape index (κ1) is 33.8. The van der Waals surface area contributed by atoms with Gasteiger partial charge in [0.1, 0.15) is 29.0 Å². The van der Waals surface area contributed by atoms with E-state index in [0.717, 1.165) is 22.3 Å². The van der Waals surface area contributed by atoms with E-state index in [1.807, 2.05) is 71.0 Å². The highest BCUT2D eigenvalue weighted by molar-refractivity contribution is 7.85. The third-order valence-electron chi connectivity index (χ3n) is 6.14. The van der Waals surface area contributed by atoms with Gasteiger partial charge in [-0.1, -0.05) is 26.8 Å². The second-order valence-electron chi connectivity index (χ2n) is 11.7. The number of amides is 2. The van der Waals surface area contributed by atoms with Crippen LogP contribution in [-0.2, 0) is 15.5 Å². The smallest absolute Gasteiger partial charge is 0.324 e. The number of ether oxygens (including phenoxy) is 1. The van der Waals surface area contributed by atoms with Crippen molar-refractivity contribution in [1.29, 1.82) is 0 Å². The van der Waals surface area contributed by atoms with Crippen molar-refractivity contribution in [2.24, 2.45) is 0 Å². The zero-order valence-electron chi connectivity index (χ0n) is 26.2. The van der Waals surface area contributed by atoms with E-state index in [1.54, 1.807) is 35.3 Å². The quantitative estimate of drug-likeness (QED) is 0.136. The minimum absolute atomic E-state index is 0.00521. The molecule has 12 nitrogen and oxygen atoms in total. The van der Waals surface area contributed by atoms with Crippen LogP contribution < -0.4 is 20.7 Å². The molecule has 3 aromatic heterocycles. The molecule has 0 unspecified atom stereocenters. The number of hydrogen-bond donors (Lipinski definition) is 4. The largest absolute Gasteiger partial charge is 0.457 e. The van der Waals surface area contributed by atoms with Gasteiger partial charge in [0, 0.05) is 47.4 Å². The van der Waals surface area contributed by atoms with Crippen molar-refractivity contribution in [1.82, 2.24) is 19.7 Å². The third kappa shape index (κ3) is 9.71. The number of pyridine rings is 2. The SMILES string of the molecule is CC(C)Nc1cc(Oc2ccc(NC(=O)Nc3cc(C(C)(C)C)nn3-c3ccc4ncccc4c3)c(F)c2)ccn1.CS(=O)(=O)O. The van der Waals surface area contributed by atoms with Gasteiger partial charge >= 0.3 is 6.03 Å². The Bertz CT molecular complexity index is 1950. The molecule has 0 saturated heterocycles. The standard InChI is InChI=1S/C31H32FN7O2.CH4O3S/c1-19(2)35-28-17-23(12-14-34-28)41-22-9-11-26(24(32)16-22)36-30(40)37-29-18-27(31(3,4)5)38-39(29)21-8-10-25-20(15-21)7-6-13-33-25;1-5(2,3)4/h6-19H,1-5H3,(H,34,35)(H2,36,37,40);1H3,(H,2,3,4). The van der Waals surface area contributed by atoms with Crippen molar-refractivity contribution < 1.29 is 26.9 Å². The number of carbonyl (C=O) groups excluding carboxylic acids is 1. The lowest BCUT2D eigenvalue weighted by Gasteiger charge is -2.14. The molecule has 5 rings (SSSR count). The minimum Gasteiger partial charge on any atom is -0.457 e. The highest BCUT2D eigenvalue weighted by Crippen LogP contribution is 2.29. The Kier molecular flexibility index (Phi) is 10.2. The molecule has 14 heteroatoms. The fourth-order valence-electron chi connectivity index (χ4n) is 4.14. The zero-order valence-corrected chi connectivity index (χ0v) is 27.1. The van der Waals surface area contributed by atoms with E-state index >= 15 is 0 Å². The molecule has 5 aromatic rings. The van der Waals surface area contributed by atoms with E-state index < -0.39 is 22.0 Å². The summed E-state index contributed by atoms with van der Waals surface area (Å²) in [6, 6.07) is 18.7. The predicted octanol–water partition coefficient (Wildman–Crippen LogP) is 7.01. The topological polar surface area (TPSA) is 160 Å². The van der Waals surface area contributed by atoms with Gasteiger partial charge in [0.05, 0.1) is 28.8 Å². The Morgan fingerprint density at radius 3 is 2.35 bits per heavy atom. The molecule has 0 saturated carbocycles. The molecular formula is C32H36FN7O5S. The molecule has 0 radical (unpaired) electrons. The van der Waals surface area contributed by atoms with E-state index in [4.69, 9.17) is 14.4 Å². The third-order valence-corrected chi connectivity index (χ3v) is 6.14. The van der Waals surface area contributed by atoms with Crippen LogP contribution in [-0.4, -0.2) is 51.0 Å². The average molecular weight is 650 g/mol. The molecule has 0 aliphatic carbocycles. The van der Waals surface area contributed by atoms with Crippen LogP contribution in [0.2, 0.25) is 0 Å². The van der Waals surface area contributed by atoms with Gasteiger partial charge in [-0.15, -0.1) is 0 Å². The molecule has 46 heavy (non-hydrogen) atoms. The summed E-state index contributed by atoms with van der Waals surface area (Å²) in [5.74, 6) is 1.25. The van der Waals surface area contributed by atoms with Gasteiger partial charge in [-0.05, 0) is 56.3 Å². The van der Waals surface area contributed by atoms with E-state index in [2.05, 4.69) is 25.9 Å². The molecule has 0 atom stereocenters. The fourth-order valence-corrected chi connectivity index (χ4v) is 4.14. The van der Waals surface area contributed by atoms with Gasteiger partial charge in [0.2, 0.25) is 0 Å². The summed E-state index contributed by atoms with van der Waals surface area (Å²) >= 11 is 0. The number of halogens is 1. The monoisotopic (exact) mass is 649 g/mol. The number of anilines is 3. The summed E-state index contributed by atoms with van der Waals surface area (Å²) in [5.41, 5.74) is 2.14. The van der Waals surface area contributed by atoms with Crippen LogP contribution in [0.5, 0.6) is 11.5 Å². The molecule has 0 aliphatic heterocycles. The Morgan fingerprint density at radius 2 is 1.67 bits per heavy atom. The lowest BCUT2D eigenvalue weighted by atomic mass is 9.92. The van der Waals surface area contributed by atoms with Crippen LogP contribution >= 0.6 is 0 Å². The van der Waals surface area contributed by atoms with Crippen molar-refractivity contribution in [3.05, 3.63) is 90.6 Å². The number of aromatic nitrogens is 4. The van der Waals surface area contributed by atoms with Crippen molar-refractivity contribution in [2.75, 3.05) is 22.2 Å². The molecule has 0 aliphatic rings. The number of nitrogens with one attached hydrogen (secondary N) is 3. The molecule has 3 heterocycles. The predicted molar refractivity (Wildman–Crippen MR) is 177 cm³/mol. The Morgan fingerprint density at radius 1 is 0.957 bits per heavy atom. The summed E-state index contributed by atoms with van der Waals surface area (Å²) in [7, 11) is -3.67. The average Bonchev–Trinajstić information content (AvgIpc) is 3.37. The molecule has 4 N–H and O–H groups in total. The van der Waals surface area contributed by atoms with E-state index in [0.29, 0.717) is 23.6 Å². The maximum atomic E-state index is 15.0. The number of nitrogens with zero attached hydrogens (tertiary/aromatic N) is 4. The highest BCUT2D eigenvalue weighted by atomic mass is 32.2. The maximum absolute atomic E-state index is 15.0. The number of benzene rings is 2. The number of urea groups is 1. The number of fused-ring (bicyclic) bond motifs is 1. The van der Waals surface area contributed by atoms with E-state index in [-0.39, 0.29) is 22.9 Å². The van der Waals surface area contributed by atoms with Gasteiger partial charge in [0.25, 0.3) is 10.1 Å². The van der Waals surface area contributed by atoms with Crippen LogP contribution in [0.4, 0.5) is 26.5 Å². The molecular weight excluding hydrogens is 613 g/mol. The summed E-state index contributed by atoms with van der Waals surface area (Å²) < 4.78 is 48.3. The Hall–Kier alpha value is -5.08. The summed E-state index contributed by atoms with van der Waals surface area (Å²) in [5, 5.41) is 14.3. The fraction of sp³-hybridized carbons (Fsp3) is 0.250. The van der Waals surface area contributed by atoms with Crippen LogP contribution in [0.25, 0.3) is 16.6 Å². The summed E-state index contributed by atoms with van der Waals surface area (Å²) in [6.07, 6.45) is 4.07. The number of hydrogen-bond acceptors (Lipinski definition) is 8. The maximum Gasteiger partial charge on any atom is 0.324 e. The van der Waals surface area contributed by atoms with Gasteiger partial charge in [-0.2, -0.15) is 13.5 Å². The number of carbonyl (C=O) groups is 1. The Balaban J connectivity index is 0.000000892. The lowest BCUT2D eigenvalue weighted by molar-refractivity contribution is 0.262. The summed E-state index contributed by atoms with van der Waals surface area (Å²) in [6.45, 7) is 10.1. The minimum atomic E-state index is -3.67. The van der Waals surface area contributed by atoms with Gasteiger partial charge < -0.3 is 15.4 Å². The summed E-state index contributed by atoms with van der Waals surface area (Å²) in [4.78, 5) is 21.6. The van der Waals surface area contributed by atoms with E-state index in [1.165, 1.54) is 12.1 Å². The first-order valence-electron chi connectivity index (χ1n) is 14.2. The zero-order chi connectivity index (χ0) is 33.6. The first-order chi connectivity index (χ1) is 21.5. The van der Waals surface area contributed by atoms with Gasteiger partial charge in [-0.25, -0.2) is 18.9 Å². The van der Waals surface area contributed by atoms with Crippen LogP contribution in [0.1, 0.15) is 40.3 Å². The van der Waals surface area contributed by atoms with Gasteiger partial charge in [0.15, 0.2) is 0 Å². The molecule has 242 valence electrons. The van der Waals surface area contributed by atoms with Crippen molar-refractivity contribution in [2.45, 2.75) is 46.1 Å². The lowest BCUT2D eigenvalue weighted by Crippen LogP contribution is -2.22. The molecule has 0 fully saturated rings. The second kappa shape index (κ2) is 13.9. The van der Waals surface area contributed by atoms with E-state index in [9.17, 15) is 17.6 Å². The molecule has 0 spiro atoms. The normalized spacial score (nSPS) is 11.5. The molecule has 2 amide bonds. The van der Waals surface area contributed by atoms with Crippen LogP contribution in [0.15, 0.2) is 79.1 Å². The Labute approximate surface area is 266 Å². The van der Waals surface area contributed by atoms with Crippen molar-refractivity contribution >= 4 is 44.4 Å². The molecule has 2 aromatic carbocycles.